The number of thioether (sulfide) groups is 1. The number of aromatic nitrogens is 2. The van der Waals surface area contributed by atoms with Crippen LogP contribution in [0.25, 0.3) is 0 Å². The Labute approximate surface area is 158 Å². The maximum atomic E-state index is 13.1. The van der Waals surface area contributed by atoms with E-state index in [1.54, 1.807) is 20.8 Å². The second kappa shape index (κ2) is 8.24. The summed E-state index contributed by atoms with van der Waals surface area (Å²) in [4.78, 5) is 19.7. The highest BCUT2D eigenvalue weighted by Crippen LogP contribution is 2.32. The number of hydrogen-bond donors (Lipinski definition) is 1. The molecule has 0 bridgehead atoms. The van der Waals surface area contributed by atoms with Gasteiger partial charge >= 0.3 is 6.18 Å². The molecular formula is C18H19F4N3OS. The van der Waals surface area contributed by atoms with Gasteiger partial charge in [-0.25, -0.2) is 14.4 Å². The number of alkyl halides is 3. The minimum Gasteiger partial charge on any atom is -0.351 e. The average molecular weight is 401 g/mol. The molecule has 0 atom stereocenters. The molecule has 0 fully saturated rings. The van der Waals surface area contributed by atoms with Gasteiger partial charge in [0.15, 0.2) is 5.16 Å². The van der Waals surface area contributed by atoms with Crippen molar-refractivity contribution in [3.8, 4) is 0 Å². The highest BCUT2D eigenvalue weighted by atomic mass is 32.2. The number of halogens is 4. The number of amides is 1. The van der Waals surface area contributed by atoms with Gasteiger partial charge in [0.2, 0.25) is 0 Å². The van der Waals surface area contributed by atoms with Gasteiger partial charge in [-0.05, 0) is 30.3 Å². The second-order valence-corrected chi connectivity index (χ2v) is 7.84. The summed E-state index contributed by atoms with van der Waals surface area (Å²) in [5.74, 6) is -0.549. The quantitative estimate of drug-likeness (QED) is 0.348. The van der Waals surface area contributed by atoms with Crippen LogP contribution in [0.1, 0.15) is 42.5 Å². The zero-order valence-electron chi connectivity index (χ0n) is 15.0. The molecule has 0 aliphatic rings. The zero-order chi connectivity index (χ0) is 20.2. The summed E-state index contributed by atoms with van der Waals surface area (Å²) < 4.78 is 52.0. The van der Waals surface area contributed by atoms with Crippen molar-refractivity contribution in [2.24, 2.45) is 0 Å². The highest BCUT2D eigenvalue weighted by Gasteiger charge is 2.34. The molecule has 27 heavy (non-hydrogen) atoms. The Hall–Kier alpha value is -2.16. The topological polar surface area (TPSA) is 54.9 Å². The first-order valence-corrected chi connectivity index (χ1v) is 9.09. The average Bonchev–Trinajstić information content (AvgIpc) is 2.57. The van der Waals surface area contributed by atoms with Crippen molar-refractivity contribution in [2.45, 2.75) is 37.5 Å². The molecule has 146 valence electrons. The third kappa shape index (κ3) is 6.20. The molecule has 0 saturated heterocycles. The summed E-state index contributed by atoms with van der Waals surface area (Å²) in [7, 11) is 0. The fraction of sp³-hybridized carbons (Fsp3) is 0.389. The Balaban J connectivity index is 2.00. The fourth-order valence-electron chi connectivity index (χ4n) is 2.03. The molecule has 1 amide bonds. The molecule has 1 N–H and O–H groups in total. The lowest BCUT2D eigenvalue weighted by atomic mass is 9.91. The van der Waals surface area contributed by atoms with E-state index in [1.165, 1.54) is 24.3 Å². The van der Waals surface area contributed by atoms with Gasteiger partial charge in [-0.3, -0.25) is 4.79 Å². The number of rotatable bonds is 5. The fourth-order valence-corrected chi connectivity index (χ4v) is 2.74. The van der Waals surface area contributed by atoms with Crippen LogP contribution < -0.4 is 5.32 Å². The van der Waals surface area contributed by atoms with Gasteiger partial charge in [-0.2, -0.15) is 13.2 Å². The van der Waals surface area contributed by atoms with Gasteiger partial charge in [0.05, 0.1) is 5.69 Å². The molecule has 1 heterocycles. The van der Waals surface area contributed by atoms with E-state index in [9.17, 15) is 22.4 Å². The van der Waals surface area contributed by atoms with E-state index in [1.807, 2.05) is 0 Å². The first-order valence-electron chi connectivity index (χ1n) is 8.10. The molecule has 0 radical (unpaired) electrons. The lowest BCUT2D eigenvalue weighted by molar-refractivity contribution is -0.141. The molecule has 1 aromatic carbocycles. The number of hydrogen-bond acceptors (Lipinski definition) is 4. The van der Waals surface area contributed by atoms with Crippen LogP contribution in [0, 0.1) is 5.82 Å². The molecule has 2 rings (SSSR count). The van der Waals surface area contributed by atoms with E-state index in [2.05, 4.69) is 15.3 Å². The molecule has 4 nitrogen and oxygen atoms in total. The van der Waals surface area contributed by atoms with Gasteiger partial charge in [-0.15, -0.1) is 0 Å². The summed E-state index contributed by atoms with van der Waals surface area (Å²) in [5, 5.41) is 2.62. The highest BCUT2D eigenvalue weighted by molar-refractivity contribution is 7.99. The van der Waals surface area contributed by atoms with Crippen molar-refractivity contribution in [2.75, 3.05) is 12.3 Å². The number of nitrogens with zero attached hydrogens (tertiary/aromatic N) is 2. The Kier molecular flexibility index (Phi) is 6.46. The van der Waals surface area contributed by atoms with E-state index in [4.69, 9.17) is 0 Å². The SMILES string of the molecule is CC(C)(C)c1cc(C(F)(F)F)nc(SCCNC(=O)c2ccc(F)cc2)n1. The van der Waals surface area contributed by atoms with E-state index in [0.29, 0.717) is 11.3 Å². The molecule has 9 heteroatoms. The normalized spacial score (nSPS) is 12.1. The van der Waals surface area contributed by atoms with Crippen LogP contribution in [0.3, 0.4) is 0 Å². The molecular weight excluding hydrogens is 382 g/mol. The van der Waals surface area contributed by atoms with Crippen LogP contribution in [-0.2, 0) is 11.6 Å². The summed E-state index contributed by atoms with van der Waals surface area (Å²) >= 11 is 1.02. The predicted molar refractivity (Wildman–Crippen MR) is 95.2 cm³/mol. The van der Waals surface area contributed by atoms with Crippen molar-refractivity contribution in [3.05, 3.63) is 53.1 Å². The van der Waals surface area contributed by atoms with Gasteiger partial charge in [0, 0.05) is 23.3 Å². The van der Waals surface area contributed by atoms with Crippen molar-refractivity contribution >= 4 is 17.7 Å². The summed E-state index contributed by atoms with van der Waals surface area (Å²) in [6, 6.07) is 6.01. The predicted octanol–water partition coefficient (Wildman–Crippen LogP) is 4.45. The van der Waals surface area contributed by atoms with Crippen molar-refractivity contribution in [1.82, 2.24) is 15.3 Å². The van der Waals surface area contributed by atoms with Gasteiger partial charge in [0.1, 0.15) is 11.5 Å². The van der Waals surface area contributed by atoms with Crippen LogP contribution >= 0.6 is 11.8 Å². The van der Waals surface area contributed by atoms with Crippen LogP contribution in [0.5, 0.6) is 0 Å². The molecule has 0 unspecified atom stereocenters. The van der Waals surface area contributed by atoms with Crippen LogP contribution in [0.2, 0.25) is 0 Å². The number of carbonyl (C=O) groups excluding carboxylic acids is 1. The number of benzene rings is 1. The Bertz CT molecular complexity index is 769. The number of nitrogens with one attached hydrogen (secondary N) is 1. The second-order valence-electron chi connectivity index (χ2n) is 6.78. The largest absolute Gasteiger partial charge is 0.433 e. The van der Waals surface area contributed by atoms with Gasteiger partial charge in [-0.1, -0.05) is 32.5 Å². The third-order valence-electron chi connectivity index (χ3n) is 3.49. The van der Waals surface area contributed by atoms with Gasteiger partial charge < -0.3 is 5.32 Å². The third-order valence-corrected chi connectivity index (χ3v) is 4.34. The summed E-state index contributed by atoms with van der Waals surface area (Å²) in [6.45, 7) is 5.51. The Morgan fingerprint density at radius 2 is 1.67 bits per heavy atom. The Morgan fingerprint density at radius 3 is 2.22 bits per heavy atom. The zero-order valence-corrected chi connectivity index (χ0v) is 15.8. The summed E-state index contributed by atoms with van der Waals surface area (Å²) in [6.07, 6.45) is -4.56. The lowest BCUT2D eigenvalue weighted by Gasteiger charge is -2.19. The van der Waals surface area contributed by atoms with E-state index in [-0.39, 0.29) is 17.5 Å². The van der Waals surface area contributed by atoms with E-state index < -0.39 is 29.0 Å². The molecule has 0 aliphatic heterocycles. The first kappa shape index (κ1) is 21.1. The van der Waals surface area contributed by atoms with Crippen molar-refractivity contribution in [3.63, 3.8) is 0 Å². The monoisotopic (exact) mass is 401 g/mol. The number of carbonyl (C=O) groups is 1. The smallest absolute Gasteiger partial charge is 0.351 e. The summed E-state index contributed by atoms with van der Waals surface area (Å²) in [5.41, 5.74) is -0.954. The molecule has 0 aliphatic carbocycles. The first-order chi connectivity index (χ1) is 12.5. The lowest BCUT2D eigenvalue weighted by Crippen LogP contribution is -2.25. The van der Waals surface area contributed by atoms with Crippen LogP contribution in [-0.4, -0.2) is 28.2 Å². The Morgan fingerprint density at radius 1 is 1.07 bits per heavy atom. The maximum Gasteiger partial charge on any atom is 0.433 e. The molecule has 1 aromatic heterocycles. The van der Waals surface area contributed by atoms with Crippen LogP contribution in [0.4, 0.5) is 17.6 Å². The van der Waals surface area contributed by atoms with Crippen molar-refractivity contribution < 1.29 is 22.4 Å². The van der Waals surface area contributed by atoms with E-state index >= 15 is 0 Å². The minimum atomic E-state index is -4.56. The van der Waals surface area contributed by atoms with Crippen molar-refractivity contribution in [1.29, 1.82) is 0 Å². The molecule has 2 aromatic rings. The maximum absolute atomic E-state index is 13.1. The molecule has 0 saturated carbocycles. The molecule has 0 spiro atoms. The standard InChI is InChI=1S/C18H19F4N3OS/c1-17(2,3)13-10-14(18(20,21)22)25-16(24-13)27-9-8-23-15(26)11-4-6-12(19)7-5-11/h4-7,10H,8-9H2,1-3H3,(H,23,26). The van der Waals surface area contributed by atoms with Crippen LogP contribution in [0.15, 0.2) is 35.5 Å². The van der Waals surface area contributed by atoms with E-state index in [0.717, 1.165) is 17.8 Å². The van der Waals surface area contributed by atoms with Gasteiger partial charge in [0.25, 0.3) is 5.91 Å². The minimum absolute atomic E-state index is 0.00535.